The van der Waals surface area contributed by atoms with E-state index in [9.17, 15) is 9.59 Å². The van der Waals surface area contributed by atoms with Gasteiger partial charge in [0.2, 0.25) is 0 Å². The highest BCUT2D eigenvalue weighted by molar-refractivity contribution is 5.85. The summed E-state index contributed by atoms with van der Waals surface area (Å²) in [6.07, 6.45) is 2.71. The Morgan fingerprint density at radius 3 is 2.00 bits per heavy atom. The molecule has 0 aromatic heterocycles. The fourth-order valence-corrected chi connectivity index (χ4v) is 2.80. The molecule has 0 rings (SSSR count). The van der Waals surface area contributed by atoms with Crippen molar-refractivity contribution in [2.45, 2.75) is 54.4 Å². The van der Waals surface area contributed by atoms with E-state index in [1.165, 1.54) is 0 Å². The Morgan fingerprint density at radius 1 is 0.923 bits per heavy atom. The molecule has 0 fully saturated rings. The van der Waals surface area contributed by atoms with Gasteiger partial charge in [0.1, 0.15) is 17.3 Å². The number of Topliss-reactive ketones (excluding diaryl/α,β-unsaturated/α-hetero) is 2. The first-order chi connectivity index (χ1) is 12.1. The third-order valence-corrected chi connectivity index (χ3v) is 4.21. The van der Waals surface area contributed by atoms with Gasteiger partial charge in [0.25, 0.3) is 0 Å². The lowest BCUT2D eigenvalue weighted by molar-refractivity contribution is -0.125. The van der Waals surface area contributed by atoms with E-state index >= 15 is 0 Å². The quantitative estimate of drug-likeness (QED) is 0.275. The van der Waals surface area contributed by atoms with Gasteiger partial charge in [-0.2, -0.15) is 0 Å². The Bertz CT molecular complexity index is 514. The summed E-state index contributed by atoms with van der Waals surface area (Å²) in [6.45, 7) is 12.1. The molecule has 0 saturated heterocycles. The van der Waals surface area contributed by atoms with E-state index in [1.54, 1.807) is 14.2 Å². The van der Waals surface area contributed by atoms with Gasteiger partial charge >= 0.3 is 0 Å². The summed E-state index contributed by atoms with van der Waals surface area (Å²) < 4.78 is 15.6. The van der Waals surface area contributed by atoms with Crippen molar-refractivity contribution >= 4 is 11.6 Å². The SMILES string of the molecule is COCOC(=C(C)C)/C(C)=C\C(C)C(=O)CC(C)CC(=O)C(C)COC. The molecule has 0 amide bonds. The van der Waals surface area contributed by atoms with Crippen LogP contribution in [0.3, 0.4) is 0 Å². The summed E-state index contributed by atoms with van der Waals surface area (Å²) >= 11 is 0. The third kappa shape index (κ3) is 9.30. The Balaban J connectivity index is 4.79. The number of allylic oxidation sites excluding steroid dienone is 3. The van der Waals surface area contributed by atoms with E-state index < -0.39 is 0 Å². The second-order valence-electron chi connectivity index (χ2n) is 7.32. The highest BCUT2D eigenvalue weighted by Crippen LogP contribution is 2.21. The number of carbonyl (C=O) groups is 2. The van der Waals surface area contributed by atoms with E-state index in [2.05, 4.69) is 0 Å². The maximum absolute atomic E-state index is 12.5. The van der Waals surface area contributed by atoms with Gasteiger partial charge < -0.3 is 14.2 Å². The maximum Gasteiger partial charge on any atom is 0.188 e. The fraction of sp³-hybridized carbons (Fsp3) is 0.714. The number of ketones is 2. The molecular formula is C21H36O5. The van der Waals surface area contributed by atoms with Gasteiger partial charge in [-0.3, -0.25) is 9.59 Å². The normalized spacial score (nSPS) is 15.2. The molecule has 0 bridgehead atoms. The minimum Gasteiger partial charge on any atom is -0.467 e. The molecule has 3 atom stereocenters. The van der Waals surface area contributed by atoms with Crippen LogP contribution in [0, 0.1) is 17.8 Å². The Morgan fingerprint density at radius 2 is 1.50 bits per heavy atom. The number of methoxy groups -OCH3 is 2. The molecule has 0 N–H and O–H groups in total. The molecule has 0 saturated carbocycles. The summed E-state index contributed by atoms with van der Waals surface area (Å²) in [5.74, 6) is 0.691. The Kier molecular flexibility index (Phi) is 12.1. The van der Waals surface area contributed by atoms with E-state index in [4.69, 9.17) is 14.2 Å². The van der Waals surface area contributed by atoms with Crippen LogP contribution >= 0.6 is 0 Å². The first-order valence-electron chi connectivity index (χ1n) is 9.16. The van der Waals surface area contributed by atoms with E-state index in [0.717, 1.165) is 16.9 Å². The van der Waals surface area contributed by atoms with E-state index in [1.807, 2.05) is 47.6 Å². The van der Waals surface area contributed by atoms with Crippen molar-refractivity contribution in [2.75, 3.05) is 27.6 Å². The number of rotatable bonds is 13. The number of hydrogen-bond donors (Lipinski definition) is 0. The molecule has 3 unspecified atom stereocenters. The zero-order valence-corrected chi connectivity index (χ0v) is 17.7. The molecule has 0 aliphatic rings. The smallest absolute Gasteiger partial charge is 0.188 e. The highest BCUT2D eigenvalue weighted by Gasteiger charge is 2.20. The minimum absolute atomic E-state index is 0.0260. The molecule has 150 valence electrons. The molecule has 5 heteroatoms. The fourth-order valence-electron chi connectivity index (χ4n) is 2.80. The van der Waals surface area contributed by atoms with Gasteiger partial charge in [-0.1, -0.05) is 26.8 Å². The average Bonchev–Trinajstić information content (AvgIpc) is 2.54. The molecular weight excluding hydrogens is 332 g/mol. The summed E-state index contributed by atoms with van der Waals surface area (Å²) in [6, 6.07) is 0. The Hall–Kier alpha value is -1.46. The first kappa shape index (κ1) is 24.5. The average molecular weight is 369 g/mol. The van der Waals surface area contributed by atoms with Crippen molar-refractivity contribution in [1.29, 1.82) is 0 Å². The molecule has 0 heterocycles. The lowest BCUT2D eigenvalue weighted by Gasteiger charge is -2.16. The lowest BCUT2D eigenvalue weighted by Crippen LogP contribution is -2.21. The van der Waals surface area contributed by atoms with Crippen LogP contribution in [0.15, 0.2) is 23.0 Å². The van der Waals surface area contributed by atoms with Crippen molar-refractivity contribution < 1.29 is 23.8 Å². The highest BCUT2D eigenvalue weighted by atomic mass is 16.7. The van der Waals surface area contributed by atoms with E-state index in [0.29, 0.717) is 19.4 Å². The van der Waals surface area contributed by atoms with Crippen molar-refractivity contribution in [3.05, 3.63) is 23.0 Å². The zero-order chi connectivity index (χ0) is 20.3. The predicted octanol–water partition coefficient (Wildman–Crippen LogP) is 4.32. The van der Waals surface area contributed by atoms with Crippen LogP contribution in [0.2, 0.25) is 0 Å². The maximum atomic E-state index is 12.5. The monoisotopic (exact) mass is 368 g/mol. The first-order valence-corrected chi connectivity index (χ1v) is 9.16. The zero-order valence-electron chi connectivity index (χ0n) is 17.7. The summed E-state index contributed by atoms with van der Waals surface area (Å²) in [5.41, 5.74) is 1.95. The second kappa shape index (κ2) is 12.8. The van der Waals surface area contributed by atoms with Crippen LogP contribution in [0.25, 0.3) is 0 Å². The van der Waals surface area contributed by atoms with Crippen LogP contribution in [0.4, 0.5) is 0 Å². The number of hydrogen-bond acceptors (Lipinski definition) is 5. The predicted molar refractivity (Wildman–Crippen MR) is 104 cm³/mol. The van der Waals surface area contributed by atoms with Gasteiger partial charge in [0, 0.05) is 38.9 Å². The van der Waals surface area contributed by atoms with Gasteiger partial charge in [-0.15, -0.1) is 0 Å². The van der Waals surface area contributed by atoms with Crippen molar-refractivity contribution in [2.24, 2.45) is 17.8 Å². The van der Waals surface area contributed by atoms with Crippen LogP contribution in [-0.4, -0.2) is 39.2 Å². The van der Waals surface area contributed by atoms with Crippen LogP contribution in [-0.2, 0) is 23.8 Å². The molecule has 5 nitrogen and oxygen atoms in total. The second-order valence-corrected chi connectivity index (χ2v) is 7.32. The molecule has 0 aliphatic carbocycles. The van der Waals surface area contributed by atoms with E-state index in [-0.39, 0.29) is 36.1 Å². The molecule has 0 aromatic rings. The van der Waals surface area contributed by atoms with Gasteiger partial charge in [0.15, 0.2) is 6.79 Å². The van der Waals surface area contributed by atoms with Crippen LogP contribution < -0.4 is 0 Å². The number of carbonyl (C=O) groups excluding carboxylic acids is 2. The van der Waals surface area contributed by atoms with Gasteiger partial charge in [-0.05, 0) is 37.8 Å². The molecule has 0 aromatic carbocycles. The van der Waals surface area contributed by atoms with Gasteiger partial charge in [0.05, 0.1) is 6.61 Å². The summed E-state index contributed by atoms with van der Waals surface area (Å²) in [4.78, 5) is 24.6. The van der Waals surface area contributed by atoms with Crippen molar-refractivity contribution in [3.63, 3.8) is 0 Å². The van der Waals surface area contributed by atoms with Gasteiger partial charge in [-0.25, -0.2) is 0 Å². The summed E-state index contributed by atoms with van der Waals surface area (Å²) in [7, 11) is 3.16. The summed E-state index contributed by atoms with van der Waals surface area (Å²) in [5, 5.41) is 0. The lowest BCUT2D eigenvalue weighted by atomic mass is 9.89. The topological polar surface area (TPSA) is 61.8 Å². The standard InChI is InChI=1S/C21H36O5/c1-14(2)21(26-13-25-8)17(5)11-16(4)19(22)9-15(3)10-20(23)18(6)12-24-7/h11,15-16,18H,9-10,12-13H2,1-8H3/b17-11-. The molecule has 0 spiro atoms. The van der Waals surface area contributed by atoms with Crippen molar-refractivity contribution in [3.8, 4) is 0 Å². The minimum atomic E-state index is -0.232. The molecule has 0 radical (unpaired) electrons. The molecule has 0 aliphatic heterocycles. The van der Waals surface area contributed by atoms with Crippen molar-refractivity contribution in [1.82, 2.24) is 0 Å². The third-order valence-electron chi connectivity index (χ3n) is 4.21. The Labute approximate surface area is 158 Å². The van der Waals surface area contributed by atoms with Crippen LogP contribution in [0.1, 0.15) is 54.4 Å². The number of ether oxygens (including phenoxy) is 3. The molecule has 26 heavy (non-hydrogen) atoms. The largest absolute Gasteiger partial charge is 0.467 e. The van der Waals surface area contributed by atoms with Crippen LogP contribution in [0.5, 0.6) is 0 Å².